The van der Waals surface area contributed by atoms with Crippen molar-refractivity contribution in [2.45, 2.75) is 13.3 Å². The van der Waals surface area contributed by atoms with Crippen molar-refractivity contribution in [2.24, 2.45) is 0 Å². The third-order valence-electron chi connectivity index (χ3n) is 1.93. The van der Waals surface area contributed by atoms with Gasteiger partial charge < -0.3 is 0 Å². The Bertz CT molecular complexity index is 312. The summed E-state index contributed by atoms with van der Waals surface area (Å²) in [6.45, 7) is 2.92. The van der Waals surface area contributed by atoms with Gasteiger partial charge in [-0.15, -0.1) is 0 Å². The van der Waals surface area contributed by atoms with Crippen LogP contribution in [0.25, 0.3) is 0 Å². The first-order valence-electron chi connectivity index (χ1n) is 4.16. The van der Waals surface area contributed by atoms with Gasteiger partial charge in [-0.2, -0.15) is 0 Å². The van der Waals surface area contributed by atoms with E-state index in [1.165, 1.54) is 11.4 Å². The second kappa shape index (κ2) is 3.26. The summed E-state index contributed by atoms with van der Waals surface area (Å²) >= 11 is 0. The molecule has 1 aliphatic rings. The molecule has 0 N–H and O–H groups in total. The molecule has 4 nitrogen and oxygen atoms in total. The van der Waals surface area contributed by atoms with E-state index in [1.54, 1.807) is 6.92 Å². The standard InChI is InChI=1S/C8H10FN3O/c1-6-7(9)8(11-5-10-6)12-3-2-4-13-12/h5H,2-4H2,1H3. The molecule has 1 saturated heterocycles. The largest absolute Gasteiger partial charge is 0.272 e. The molecule has 0 spiro atoms. The number of hydroxylamine groups is 1. The van der Waals surface area contributed by atoms with E-state index in [9.17, 15) is 4.39 Å². The summed E-state index contributed by atoms with van der Waals surface area (Å²) < 4.78 is 13.4. The Morgan fingerprint density at radius 1 is 1.54 bits per heavy atom. The second-order valence-electron chi connectivity index (χ2n) is 2.89. The van der Waals surface area contributed by atoms with Crippen LogP contribution in [0.1, 0.15) is 12.1 Å². The minimum absolute atomic E-state index is 0.241. The highest BCUT2D eigenvalue weighted by molar-refractivity contribution is 5.38. The molecule has 0 unspecified atom stereocenters. The molecule has 1 aromatic heterocycles. The van der Waals surface area contributed by atoms with E-state index in [1.807, 2.05) is 0 Å². The highest BCUT2D eigenvalue weighted by atomic mass is 19.1. The smallest absolute Gasteiger partial charge is 0.192 e. The van der Waals surface area contributed by atoms with Crippen LogP contribution in [-0.4, -0.2) is 23.1 Å². The molecule has 1 aliphatic heterocycles. The van der Waals surface area contributed by atoms with Crippen LogP contribution in [0.5, 0.6) is 0 Å². The average Bonchev–Trinajstić information content (AvgIpc) is 2.62. The lowest BCUT2D eigenvalue weighted by molar-refractivity contribution is 0.164. The predicted octanol–water partition coefficient (Wildman–Crippen LogP) is 1.07. The number of hydrogen-bond donors (Lipinski definition) is 0. The molecule has 2 rings (SSSR count). The maximum Gasteiger partial charge on any atom is 0.192 e. The van der Waals surface area contributed by atoms with Gasteiger partial charge in [-0.3, -0.25) is 4.84 Å². The molecule has 1 fully saturated rings. The Balaban J connectivity index is 2.33. The van der Waals surface area contributed by atoms with Crippen molar-refractivity contribution >= 4 is 5.82 Å². The predicted molar refractivity (Wildman–Crippen MR) is 44.6 cm³/mol. The second-order valence-corrected chi connectivity index (χ2v) is 2.89. The summed E-state index contributed by atoms with van der Waals surface area (Å²) in [7, 11) is 0. The zero-order valence-electron chi connectivity index (χ0n) is 7.33. The van der Waals surface area contributed by atoms with Gasteiger partial charge in [0.15, 0.2) is 11.6 Å². The zero-order chi connectivity index (χ0) is 9.26. The minimum Gasteiger partial charge on any atom is -0.272 e. The molecule has 0 atom stereocenters. The van der Waals surface area contributed by atoms with Gasteiger partial charge in [-0.1, -0.05) is 0 Å². The lowest BCUT2D eigenvalue weighted by atomic mass is 10.4. The number of aromatic nitrogens is 2. The van der Waals surface area contributed by atoms with E-state index < -0.39 is 5.82 Å². The Labute approximate surface area is 75.3 Å². The summed E-state index contributed by atoms with van der Waals surface area (Å²) in [6.07, 6.45) is 2.25. The molecule has 2 heterocycles. The van der Waals surface area contributed by atoms with Gasteiger partial charge in [0, 0.05) is 6.54 Å². The van der Waals surface area contributed by atoms with Crippen LogP contribution in [0.2, 0.25) is 0 Å². The molecule has 1 aromatic rings. The number of hydrogen-bond acceptors (Lipinski definition) is 4. The number of aryl methyl sites for hydroxylation is 1. The van der Waals surface area contributed by atoms with Gasteiger partial charge in [0.25, 0.3) is 0 Å². The van der Waals surface area contributed by atoms with Crippen LogP contribution in [0, 0.1) is 12.7 Å². The van der Waals surface area contributed by atoms with Crippen LogP contribution < -0.4 is 5.06 Å². The third-order valence-corrected chi connectivity index (χ3v) is 1.93. The maximum absolute atomic E-state index is 13.4. The Hall–Kier alpha value is -1.23. The summed E-state index contributed by atoms with van der Waals surface area (Å²) in [4.78, 5) is 12.8. The number of halogens is 1. The lowest BCUT2D eigenvalue weighted by Crippen LogP contribution is -2.19. The van der Waals surface area contributed by atoms with Crippen molar-refractivity contribution in [3.05, 3.63) is 17.8 Å². The van der Waals surface area contributed by atoms with Crippen molar-refractivity contribution in [3.63, 3.8) is 0 Å². The Morgan fingerprint density at radius 2 is 2.38 bits per heavy atom. The van der Waals surface area contributed by atoms with Crippen LogP contribution >= 0.6 is 0 Å². The first-order valence-corrected chi connectivity index (χ1v) is 4.16. The fourth-order valence-electron chi connectivity index (χ4n) is 1.23. The average molecular weight is 183 g/mol. The SMILES string of the molecule is Cc1ncnc(N2CCCO2)c1F. The molecule has 0 bridgehead atoms. The van der Waals surface area contributed by atoms with Crippen molar-refractivity contribution < 1.29 is 9.23 Å². The number of anilines is 1. The van der Waals surface area contributed by atoms with Crippen LogP contribution in [0.3, 0.4) is 0 Å². The molecule has 0 saturated carbocycles. The van der Waals surface area contributed by atoms with Gasteiger partial charge in [0.05, 0.1) is 12.3 Å². The van der Waals surface area contributed by atoms with E-state index in [2.05, 4.69) is 9.97 Å². The van der Waals surface area contributed by atoms with Crippen molar-refractivity contribution in [3.8, 4) is 0 Å². The van der Waals surface area contributed by atoms with E-state index in [-0.39, 0.29) is 5.82 Å². The van der Waals surface area contributed by atoms with Gasteiger partial charge in [-0.05, 0) is 13.3 Å². The summed E-state index contributed by atoms with van der Waals surface area (Å²) in [5, 5.41) is 1.48. The van der Waals surface area contributed by atoms with E-state index >= 15 is 0 Å². The first kappa shape index (κ1) is 8.37. The molecule has 70 valence electrons. The highest BCUT2D eigenvalue weighted by Gasteiger charge is 2.19. The number of nitrogens with zero attached hydrogens (tertiary/aromatic N) is 3. The molecule has 0 aromatic carbocycles. The third kappa shape index (κ3) is 1.47. The normalized spacial score (nSPS) is 16.6. The molecule has 13 heavy (non-hydrogen) atoms. The van der Waals surface area contributed by atoms with Gasteiger partial charge in [-0.25, -0.2) is 19.4 Å². The van der Waals surface area contributed by atoms with Crippen molar-refractivity contribution in [1.82, 2.24) is 9.97 Å². The zero-order valence-corrected chi connectivity index (χ0v) is 7.33. The Morgan fingerprint density at radius 3 is 3.08 bits per heavy atom. The van der Waals surface area contributed by atoms with Crippen LogP contribution in [0.4, 0.5) is 10.2 Å². The van der Waals surface area contributed by atoms with E-state index in [0.29, 0.717) is 18.8 Å². The summed E-state index contributed by atoms with van der Waals surface area (Å²) in [5.41, 5.74) is 0.348. The van der Waals surface area contributed by atoms with E-state index in [4.69, 9.17) is 4.84 Å². The topological polar surface area (TPSA) is 38.2 Å². The van der Waals surface area contributed by atoms with Gasteiger partial charge in [0.1, 0.15) is 6.33 Å². The van der Waals surface area contributed by atoms with Crippen molar-refractivity contribution in [1.29, 1.82) is 0 Å². The summed E-state index contributed by atoms with van der Waals surface area (Å²) in [5.74, 6) is -0.158. The fourth-order valence-corrected chi connectivity index (χ4v) is 1.23. The van der Waals surface area contributed by atoms with Crippen molar-refractivity contribution in [2.75, 3.05) is 18.2 Å². The number of rotatable bonds is 1. The molecular formula is C8H10FN3O. The van der Waals surface area contributed by atoms with Crippen LogP contribution in [-0.2, 0) is 4.84 Å². The molecule has 5 heteroatoms. The molecular weight excluding hydrogens is 173 g/mol. The quantitative estimate of drug-likeness (QED) is 0.652. The summed E-state index contributed by atoms with van der Waals surface area (Å²) in [6, 6.07) is 0. The molecule has 0 amide bonds. The molecule has 0 radical (unpaired) electrons. The highest BCUT2D eigenvalue weighted by Crippen LogP contribution is 2.20. The van der Waals surface area contributed by atoms with Gasteiger partial charge >= 0.3 is 0 Å². The fraction of sp³-hybridized carbons (Fsp3) is 0.500. The first-order chi connectivity index (χ1) is 6.29. The monoisotopic (exact) mass is 183 g/mol. The van der Waals surface area contributed by atoms with E-state index in [0.717, 1.165) is 6.42 Å². The minimum atomic E-state index is -0.399. The lowest BCUT2D eigenvalue weighted by Gasteiger charge is -2.15. The molecule has 0 aliphatic carbocycles. The maximum atomic E-state index is 13.4. The van der Waals surface area contributed by atoms with Gasteiger partial charge in [0.2, 0.25) is 0 Å². The Kier molecular flexibility index (Phi) is 2.10. The van der Waals surface area contributed by atoms with Crippen LogP contribution in [0.15, 0.2) is 6.33 Å².